The second-order valence-corrected chi connectivity index (χ2v) is 21.5. The van der Waals surface area contributed by atoms with Crippen molar-refractivity contribution < 1.29 is 85.2 Å². The van der Waals surface area contributed by atoms with Gasteiger partial charge < -0.3 is 33.5 Å². The second-order valence-electron chi connectivity index (χ2n) is 20.4. The summed E-state index contributed by atoms with van der Waals surface area (Å²) in [6.45, 7) is 26.8. The lowest BCUT2D eigenvalue weighted by atomic mass is 10.0. The van der Waals surface area contributed by atoms with E-state index in [0.29, 0.717) is 11.7 Å². The molecular weight excluding hydrogens is 1220 g/mol. The maximum absolute atomic E-state index is 11.6. The lowest BCUT2D eigenvalue weighted by Crippen LogP contribution is -2.47. The van der Waals surface area contributed by atoms with Gasteiger partial charge in [-0.05, 0) is 54.8 Å². The first-order valence-electron chi connectivity index (χ1n) is 27.1. The van der Waals surface area contributed by atoms with E-state index in [1.165, 1.54) is 59.5 Å². The molecule has 0 fully saturated rings. The SMILES string of the molecule is C=C(c1ccc([N+](=O)[O-])s1)C(C)C.CC(C)C(=O)C(C)NNC(=O)c1ccc([N+](=O)[O-])o1.CC(C)C(=O)NNC(=O)c1ccc([N+](=O)[O-])o1.CC(C)C(=O)c1ccc([N+](=O)[O-])o1.CC(C)C(=O)n1ccc(N)n1.COC(=O)c1ccc(C(=O)NCC(=O)C(C)C)o1. The number of allylic oxidation sites excluding steroid dienone is 1. The average molecular weight is 1300 g/mol. The van der Waals surface area contributed by atoms with Crippen LogP contribution in [0.3, 0.4) is 0 Å². The van der Waals surface area contributed by atoms with Crippen LogP contribution < -0.4 is 32.8 Å². The number of carbonyl (C=O) groups excluding carboxylic acids is 9. The van der Waals surface area contributed by atoms with Gasteiger partial charge >= 0.3 is 40.4 Å². The molecule has 0 radical (unpaired) electrons. The van der Waals surface area contributed by atoms with E-state index in [9.17, 15) is 83.6 Å². The predicted octanol–water partition coefficient (Wildman–Crippen LogP) is 8.78. The number of aromatic nitrogens is 2. The minimum atomic E-state index is -0.760. The third-order valence-corrected chi connectivity index (χ3v) is 12.3. The van der Waals surface area contributed by atoms with Crippen molar-refractivity contribution in [1.29, 1.82) is 0 Å². The highest BCUT2D eigenvalue weighted by Gasteiger charge is 2.23. The summed E-state index contributed by atoms with van der Waals surface area (Å²) < 4.78 is 24.8. The molecule has 0 aromatic carbocycles. The second kappa shape index (κ2) is 37.8. The Morgan fingerprint density at radius 1 is 0.560 bits per heavy atom. The standard InChI is InChI=1S/C12H15NO5.C11H15N3O5.C9H11N3O5.C9H11NO2S.C8H9NO4.C7H11N3O/c1-7(2)8(14)6-13-11(15)9-4-5-10(18-9)12(16)17-3;1-6(2)10(15)7(3)12-13-11(16)8-4-5-9(19-8)14(17)18;1-5(2)8(13)10-11-9(14)6-3-4-7(17-6)12(15)16;1-6(2)7(3)8-4-5-9(13-8)10(11)12;1-5(2)8(10)6-3-4-7(13-6)9(11)12;1-5(2)7(11)10-4-3-6(8)9-10/h4-5,7H,6H2,1-3H3,(H,13,15);4-7,12H,1-3H3,(H,13,16);3-5H,1-2H3,(H,10,13)(H,11,14);4-6H,3H2,1-2H3;3-5H,1-2H3;3-5H,1-2H3,(H2,8,9). The van der Waals surface area contributed by atoms with E-state index in [-0.39, 0.29) is 104 Å². The van der Waals surface area contributed by atoms with Gasteiger partial charge in [0, 0.05) is 52.8 Å². The molecule has 4 amide bonds. The molecule has 1 unspecified atom stereocenters. The maximum Gasteiger partial charge on any atom is 0.433 e. The van der Waals surface area contributed by atoms with Gasteiger partial charge in [0.25, 0.3) is 5.91 Å². The summed E-state index contributed by atoms with van der Waals surface area (Å²) >= 11 is 1.18. The molecule has 6 rings (SSSR count). The molecule has 7 N–H and O–H groups in total. The van der Waals surface area contributed by atoms with Crippen molar-refractivity contribution in [2.45, 2.75) is 96.1 Å². The molecule has 0 spiro atoms. The summed E-state index contributed by atoms with van der Waals surface area (Å²) in [4.78, 5) is 142. The third-order valence-electron chi connectivity index (χ3n) is 11.1. The van der Waals surface area contributed by atoms with Crippen LogP contribution in [0, 0.1) is 76.0 Å². The molecular formula is C56H72N12O22S. The van der Waals surface area contributed by atoms with Crippen molar-refractivity contribution in [2.24, 2.45) is 35.5 Å². The fraction of sp³-hybridized carbons (Fsp3) is 0.393. The highest BCUT2D eigenvalue weighted by atomic mass is 32.1. The molecule has 34 nitrogen and oxygen atoms in total. The molecule has 35 heteroatoms. The molecule has 0 aliphatic rings. The zero-order chi connectivity index (χ0) is 69.7. The number of rotatable bonds is 21. The normalized spacial score (nSPS) is 10.7. The third kappa shape index (κ3) is 27.0. The number of carbonyl (C=O) groups is 9. The van der Waals surface area contributed by atoms with Gasteiger partial charge in [0.15, 0.2) is 28.8 Å². The summed E-state index contributed by atoms with van der Waals surface area (Å²) in [7, 11) is 1.21. The lowest BCUT2D eigenvalue weighted by Gasteiger charge is -2.14. The predicted molar refractivity (Wildman–Crippen MR) is 325 cm³/mol. The van der Waals surface area contributed by atoms with E-state index in [1.54, 1.807) is 80.6 Å². The van der Waals surface area contributed by atoms with E-state index in [4.69, 9.17) is 19.0 Å². The molecule has 0 saturated carbocycles. The molecule has 0 bridgehead atoms. The maximum atomic E-state index is 11.6. The average Bonchev–Trinajstić information content (AvgIpc) is 2.52. The first-order chi connectivity index (χ1) is 42.3. The monoisotopic (exact) mass is 1300 g/mol. The Bertz CT molecular complexity index is 3450. The molecule has 1 atom stereocenters. The number of hydrogen-bond acceptors (Lipinski definition) is 26. The molecule has 0 aliphatic carbocycles. The van der Waals surface area contributed by atoms with E-state index in [1.807, 2.05) is 27.7 Å². The highest BCUT2D eigenvalue weighted by Crippen LogP contribution is 2.32. The van der Waals surface area contributed by atoms with E-state index < -0.39 is 62.2 Å². The fourth-order valence-corrected chi connectivity index (χ4v) is 6.75. The van der Waals surface area contributed by atoms with Gasteiger partial charge in [0.05, 0.1) is 42.8 Å². The van der Waals surface area contributed by atoms with Crippen LogP contribution in [0.25, 0.3) is 5.57 Å². The molecule has 6 aromatic heterocycles. The van der Waals surface area contributed by atoms with Crippen LogP contribution in [-0.4, -0.2) is 102 Å². The smallest absolute Gasteiger partial charge is 0.433 e. The zero-order valence-corrected chi connectivity index (χ0v) is 52.9. The Morgan fingerprint density at radius 3 is 1.43 bits per heavy atom. The van der Waals surface area contributed by atoms with E-state index in [0.717, 1.165) is 28.6 Å². The number of hydrogen-bond donors (Lipinski definition) is 6. The zero-order valence-electron chi connectivity index (χ0n) is 52.0. The lowest BCUT2D eigenvalue weighted by molar-refractivity contribution is -0.402. The van der Waals surface area contributed by atoms with E-state index in [2.05, 4.69) is 47.9 Å². The van der Waals surface area contributed by atoms with Gasteiger partial charge in [0.2, 0.25) is 29.1 Å². The van der Waals surface area contributed by atoms with Gasteiger partial charge in [-0.15, -0.1) is 5.10 Å². The van der Waals surface area contributed by atoms with Crippen molar-refractivity contribution >= 4 is 98.2 Å². The number of nitrogens with one attached hydrogen (secondary N) is 5. The fourth-order valence-electron chi connectivity index (χ4n) is 5.81. The topological polar surface area (TPSA) is 492 Å². The minimum absolute atomic E-state index is 0.0352. The summed E-state index contributed by atoms with van der Waals surface area (Å²) in [6.07, 6.45) is 1.57. The molecule has 0 aliphatic heterocycles. The number of ketones is 3. The Balaban J connectivity index is 0.000000551. The van der Waals surface area contributed by atoms with Gasteiger partial charge in [-0.25, -0.2) is 14.9 Å². The Labute approximate surface area is 523 Å². The molecule has 6 heterocycles. The van der Waals surface area contributed by atoms with Gasteiger partial charge in [-0.1, -0.05) is 101 Å². The minimum Gasteiger partial charge on any atom is -0.463 e. The van der Waals surface area contributed by atoms with Crippen molar-refractivity contribution in [3.05, 3.63) is 154 Å². The van der Waals surface area contributed by atoms with Gasteiger partial charge in [0.1, 0.15) is 20.6 Å². The summed E-state index contributed by atoms with van der Waals surface area (Å²) in [5, 5.41) is 47.7. The van der Waals surface area contributed by atoms with Crippen LogP contribution in [0.15, 0.2) is 97.2 Å². The number of thiophene rings is 1. The van der Waals surface area contributed by atoms with Gasteiger partial charge in [-0.2, -0.15) is 0 Å². The number of nitro groups is 4. The number of nitrogens with zero attached hydrogens (tertiary/aromatic N) is 6. The number of Topliss-reactive ketones (excluding diaryl/α,β-unsaturated/α-hetero) is 3. The quantitative estimate of drug-likeness (QED) is 0.0170. The molecule has 494 valence electrons. The number of furan rings is 4. The van der Waals surface area contributed by atoms with Crippen LogP contribution in [0.1, 0.15) is 152 Å². The molecule has 0 saturated heterocycles. The number of esters is 1. The van der Waals surface area contributed by atoms with Crippen LogP contribution in [-0.2, 0) is 19.1 Å². The highest BCUT2D eigenvalue weighted by molar-refractivity contribution is 7.16. The largest absolute Gasteiger partial charge is 0.463 e. The molecule has 91 heavy (non-hydrogen) atoms. The Morgan fingerprint density at radius 2 is 1.03 bits per heavy atom. The van der Waals surface area contributed by atoms with Crippen molar-refractivity contribution in [2.75, 3.05) is 19.4 Å². The van der Waals surface area contributed by atoms with Crippen LogP contribution in [0.2, 0.25) is 0 Å². The first-order valence-corrected chi connectivity index (χ1v) is 27.9. The Kier molecular flexibility index (Phi) is 32.4. The van der Waals surface area contributed by atoms with Crippen molar-refractivity contribution in [3.8, 4) is 0 Å². The van der Waals surface area contributed by atoms with Crippen LogP contribution >= 0.6 is 11.3 Å². The number of ether oxygens (including phenoxy) is 1. The summed E-state index contributed by atoms with van der Waals surface area (Å²) in [6, 6.07) is 14.0. The van der Waals surface area contributed by atoms with Gasteiger partial charge in [-0.3, -0.25) is 95.1 Å². The summed E-state index contributed by atoms with van der Waals surface area (Å²) in [5.74, 6) is -5.55. The van der Waals surface area contributed by atoms with Crippen molar-refractivity contribution in [1.82, 2.24) is 36.8 Å². The van der Waals surface area contributed by atoms with Crippen LogP contribution in [0.5, 0.6) is 0 Å². The Hall–Kier alpha value is -10.8. The number of nitrogen functional groups attached to an aromatic ring is 1. The number of hydrazine groups is 2. The molecule has 6 aromatic rings. The summed E-state index contributed by atoms with van der Waals surface area (Å²) in [5.41, 5.74) is 15.3. The van der Waals surface area contributed by atoms with Crippen LogP contribution in [0.4, 0.5) is 28.5 Å². The van der Waals surface area contributed by atoms with E-state index >= 15 is 0 Å². The number of methoxy groups -OCH3 is 1. The number of nitrogens with two attached hydrogens (primary N) is 1. The number of anilines is 1. The first kappa shape index (κ1) is 78.2. The number of amides is 4. The van der Waals surface area contributed by atoms with Crippen molar-refractivity contribution in [3.63, 3.8) is 0 Å².